The van der Waals surface area contributed by atoms with Crippen molar-refractivity contribution in [1.82, 2.24) is 0 Å². The first-order chi connectivity index (χ1) is 24.8. The lowest BCUT2D eigenvalue weighted by Gasteiger charge is -2.18. The summed E-state index contributed by atoms with van der Waals surface area (Å²) in [5.41, 5.74) is 6.15. The first-order valence-electron chi connectivity index (χ1n) is 16.4. The number of ether oxygens (including phenoxy) is 1. The minimum atomic E-state index is -4.15. The highest BCUT2D eigenvalue weighted by Gasteiger charge is 2.29. The molecule has 7 aromatic rings. The lowest BCUT2D eigenvalue weighted by molar-refractivity contribution is -0.677. The normalized spacial score (nSPS) is 14.6. The van der Waals surface area contributed by atoms with Gasteiger partial charge in [0, 0.05) is 76.6 Å². The molecule has 0 atom stereocenters. The average molecular weight is 730 g/mol. The van der Waals surface area contributed by atoms with E-state index in [-0.39, 0.29) is 18.7 Å². The highest BCUT2D eigenvalue weighted by atomic mass is 32.2. The van der Waals surface area contributed by atoms with Crippen LogP contribution in [0.1, 0.15) is 32.1 Å². The number of nitrogens with zero attached hydrogens (tertiary/aromatic N) is 2. The number of anilines is 1. The van der Waals surface area contributed by atoms with Crippen molar-refractivity contribution in [2.75, 3.05) is 23.0 Å². The molecule has 0 aliphatic carbocycles. The molecule has 3 aromatic heterocycles. The van der Waals surface area contributed by atoms with E-state index >= 15 is 0 Å². The number of allylic oxidation sites excluding steroid dienone is 2. The van der Waals surface area contributed by atoms with Crippen molar-refractivity contribution in [2.24, 2.45) is 0 Å². The molecule has 0 bridgehead atoms. The number of hydrogen-bond acceptors (Lipinski definition) is 11. The highest BCUT2D eigenvalue weighted by molar-refractivity contribution is 7.94. The molecule has 4 aromatic carbocycles. The Balaban J connectivity index is 1.20. The summed E-state index contributed by atoms with van der Waals surface area (Å²) in [6.45, 7) is 2.89. The van der Waals surface area contributed by atoms with Crippen LogP contribution < -0.4 is 14.2 Å². The molecule has 2 N–H and O–H groups in total. The molecule has 12 nitrogen and oxygen atoms in total. The Hall–Kier alpha value is -4.83. The summed E-state index contributed by atoms with van der Waals surface area (Å²) < 4.78 is 64.5. The van der Waals surface area contributed by atoms with Crippen LogP contribution in [-0.2, 0) is 26.0 Å². The predicted molar refractivity (Wildman–Crippen MR) is 195 cm³/mol. The van der Waals surface area contributed by atoms with Crippen LogP contribution >= 0.6 is 12.0 Å². The third-order valence-electron chi connectivity index (χ3n) is 8.96. The van der Waals surface area contributed by atoms with Crippen molar-refractivity contribution in [3.63, 3.8) is 0 Å². The van der Waals surface area contributed by atoms with E-state index in [0.29, 0.717) is 53.8 Å². The van der Waals surface area contributed by atoms with Crippen LogP contribution in [0.15, 0.2) is 104 Å². The van der Waals surface area contributed by atoms with Gasteiger partial charge in [0.05, 0.1) is 17.5 Å². The second kappa shape index (κ2) is 13.7. The zero-order valence-corrected chi connectivity index (χ0v) is 29.0. The van der Waals surface area contributed by atoms with Crippen molar-refractivity contribution in [1.29, 1.82) is 0 Å². The Bertz CT molecular complexity index is 2600. The molecule has 1 aliphatic heterocycles. The molecule has 0 spiro atoms. The van der Waals surface area contributed by atoms with Gasteiger partial charge in [-0.1, -0.05) is 48.4 Å². The van der Waals surface area contributed by atoms with E-state index in [2.05, 4.69) is 20.0 Å². The summed E-state index contributed by atoms with van der Waals surface area (Å²) in [6.07, 6.45) is 5.37. The van der Waals surface area contributed by atoms with Crippen molar-refractivity contribution in [3.05, 3.63) is 96.2 Å². The molecule has 14 heteroatoms. The van der Waals surface area contributed by atoms with Crippen LogP contribution in [0.2, 0.25) is 0 Å². The van der Waals surface area contributed by atoms with Gasteiger partial charge in [0.15, 0.2) is 12.3 Å². The van der Waals surface area contributed by atoms with Crippen LogP contribution in [0.25, 0.3) is 61.1 Å². The zero-order valence-electron chi connectivity index (χ0n) is 27.4. The van der Waals surface area contributed by atoms with Gasteiger partial charge in [0.2, 0.25) is 11.5 Å². The number of benzene rings is 4. The smallest absolute Gasteiger partial charge is 0.374 e. The van der Waals surface area contributed by atoms with E-state index in [1.54, 1.807) is 0 Å². The average Bonchev–Trinajstić information content (AvgIpc) is 3.85. The number of rotatable bonds is 13. The number of oxazole rings is 1. The Morgan fingerprint density at radius 1 is 0.882 bits per heavy atom. The minimum Gasteiger partial charge on any atom is -0.456 e. The van der Waals surface area contributed by atoms with E-state index in [1.807, 2.05) is 90.7 Å². The summed E-state index contributed by atoms with van der Waals surface area (Å²) in [7, 11) is -4.15. The summed E-state index contributed by atoms with van der Waals surface area (Å²) >= 11 is 0.998. The number of aromatic nitrogens is 1. The quantitative estimate of drug-likeness (QED) is 0.0292. The van der Waals surface area contributed by atoms with Gasteiger partial charge < -0.3 is 22.9 Å². The molecule has 0 saturated heterocycles. The van der Waals surface area contributed by atoms with Gasteiger partial charge in [-0.05, 0) is 36.6 Å². The highest BCUT2D eigenvalue weighted by Crippen LogP contribution is 2.44. The largest absolute Gasteiger partial charge is 0.456 e. The third-order valence-corrected chi connectivity index (χ3v) is 10.4. The summed E-state index contributed by atoms with van der Waals surface area (Å²) in [4.78, 5) is 1.93. The molecular weight excluding hydrogens is 697 g/mol. The molecular formula is C37H33N2O10S2+. The molecule has 4 heterocycles. The Morgan fingerprint density at radius 3 is 2.29 bits per heavy atom. The third kappa shape index (κ3) is 6.57. The number of fused-ring (bicyclic) bond motifs is 8. The summed E-state index contributed by atoms with van der Waals surface area (Å²) in [5.74, 6) is 1.86. The van der Waals surface area contributed by atoms with Gasteiger partial charge in [-0.15, -0.1) is 4.33 Å². The fourth-order valence-electron chi connectivity index (χ4n) is 6.62. The van der Waals surface area contributed by atoms with Gasteiger partial charge >= 0.3 is 5.89 Å². The summed E-state index contributed by atoms with van der Waals surface area (Å²) in [6, 6.07) is 23.5. The fourth-order valence-corrected chi connectivity index (χ4v) is 7.47. The lowest BCUT2D eigenvalue weighted by atomic mass is 10.1. The molecule has 0 saturated carbocycles. The number of hydrogen-bond donors (Lipinski definition) is 2. The first-order valence-corrected chi connectivity index (χ1v) is 19.0. The van der Waals surface area contributed by atoms with Crippen LogP contribution in [0, 0.1) is 0 Å². The molecule has 51 heavy (non-hydrogen) atoms. The van der Waals surface area contributed by atoms with E-state index in [1.165, 1.54) is 0 Å². The molecule has 0 amide bonds. The van der Waals surface area contributed by atoms with Gasteiger partial charge in [-0.2, -0.15) is 13.0 Å². The van der Waals surface area contributed by atoms with Crippen LogP contribution in [0.5, 0.6) is 5.75 Å². The maximum Gasteiger partial charge on any atom is 0.374 e. The van der Waals surface area contributed by atoms with Crippen molar-refractivity contribution in [2.45, 2.75) is 32.7 Å². The first kappa shape index (κ1) is 33.3. The Morgan fingerprint density at radius 2 is 1.59 bits per heavy atom. The second-order valence-electron chi connectivity index (χ2n) is 12.2. The van der Waals surface area contributed by atoms with Crippen LogP contribution in [0.3, 0.4) is 0 Å². The number of para-hydroxylation sites is 2. The van der Waals surface area contributed by atoms with Gasteiger partial charge in [0.25, 0.3) is 15.6 Å². The van der Waals surface area contributed by atoms with E-state index in [0.717, 1.165) is 67.1 Å². The Labute approximate surface area is 295 Å². The van der Waals surface area contributed by atoms with Gasteiger partial charge in [-0.25, -0.2) is 5.26 Å². The molecule has 1 aliphatic rings. The number of furan rings is 2. The Kier molecular flexibility index (Phi) is 8.96. The fraction of sp³-hybridized carbons (Fsp3) is 0.216. The van der Waals surface area contributed by atoms with Crippen molar-refractivity contribution >= 4 is 88.9 Å². The van der Waals surface area contributed by atoms with Crippen LogP contribution in [-0.4, -0.2) is 36.3 Å². The van der Waals surface area contributed by atoms with E-state index in [4.69, 9.17) is 23.2 Å². The molecule has 0 radical (unpaired) electrons. The van der Waals surface area contributed by atoms with E-state index < -0.39 is 10.1 Å². The standard InChI is InChI=1S/C37H32N2O10S2/c1-2-23(17-36-38(13-7-15-50-49-48-40)28-19-26-24-9-3-5-11-30(24)44-32(26)21-34(28)46-36)18-37-39(14-8-16-51(41,42)43)29-20-27-25-10-4-6-12-31(25)45-33(27)22-35(29)47-37/h3-6,9-12,17-22H,2,7-8,13-16H2,1H3,(H-,40,41,42,43)/p+1. The van der Waals surface area contributed by atoms with Crippen molar-refractivity contribution < 1.29 is 50.2 Å². The van der Waals surface area contributed by atoms with Crippen LogP contribution in [0.4, 0.5) is 5.69 Å². The topological polar surface area (TPSA) is 149 Å². The second-order valence-corrected chi connectivity index (χ2v) is 14.5. The monoisotopic (exact) mass is 729 g/mol. The predicted octanol–water partition coefficient (Wildman–Crippen LogP) is 8.79. The van der Waals surface area contributed by atoms with Gasteiger partial charge in [0.1, 0.15) is 22.3 Å². The summed E-state index contributed by atoms with van der Waals surface area (Å²) in [5, 5.41) is 16.1. The van der Waals surface area contributed by atoms with E-state index in [9.17, 15) is 13.0 Å². The van der Waals surface area contributed by atoms with Crippen molar-refractivity contribution in [3.8, 4) is 5.75 Å². The molecule has 8 rings (SSSR count). The maximum atomic E-state index is 11.6. The minimum absolute atomic E-state index is 0.177. The molecule has 0 unspecified atom stereocenters. The molecule has 262 valence electrons. The zero-order chi connectivity index (χ0) is 35.1. The van der Waals surface area contributed by atoms with Gasteiger partial charge in [-0.3, -0.25) is 4.55 Å². The maximum absolute atomic E-state index is 11.6. The molecule has 0 fully saturated rings. The number of aryl methyl sites for hydroxylation is 1. The SMILES string of the molecule is CCC(/C=C1\Oc2cc3oc4ccccc4c3cc2N1CCCS(=O)(=O)O)=C\c1oc2cc3oc4ccccc4c3cc2[n+]1CCCSOOO. The lowest BCUT2D eigenvalue weighted by Crippen LogP contribution is -2.35.